The normalized spacial score (nSPS) is 13.6. The Morgan fingerprint density at radius 2 is 1.58 bits per heavy atom. The molecule has 0 aliphatic rings. The molecule has 8 N–H and O–H groups in total. The van der Waals surface area contributed by atoms with Gasteiger partial charge < -0.3 is 32.1 Å². The Hall–Kier alpha value is -3.21. The van der Waals surface area contributed by atoms with Crippen LogP contribution in [0.2, 0.25) is 0 Å². The van der Waals surface area contributed by atoms with Crippen LogP contribution in [0.15, 0.2) is 48.5 Å². The van der Waals surface area contributed by atoms with E-state index < -0.39 is 60.2 Å². The molecule has 12 nitrogen and oxygen atoms in total. The number of nitrogens with two attached hydrogens (primary N) is 1. The largest absolute Gasteiger partial charge is 0.508 e. The Morgan fingerprint density at radius 1 is 0.907 bits per heavy atom. The van der Waals surface area contributed by atoms with Gasteiger partial charge in [0, 0.05) is 9.99 Å². The highest BCUT2D eigenvalue weighted by Gasteiger charge is 2.27. The van der Waals surface area contributed by atoms with E-state index in [0.717, 1.165) is 20.4 Å². The standard InChI is InChI=1S/C29H39IN6O6S/c1-17(34-27(40)22(31)14-18-7-9-21(37)10-8-18)26(39)33-16-25(38)35-24(15-19-5-4-6-20(30)13-19)29(42)36-28(41)23(32-2)11-12-43-3/h4-10,13,17,22-24,32,37H,11-12,14-16,31H2,1-3H3,(H,33,39)(H,34,40)(H,35,38)(H,36,41,42)/t17-,22+,23+,24+/m1/s1. The number of benzene rings is 2. The van der Waals surface area contributed by atoms with Crippen LogP contribution in [0, 0.1) is 3.57 Å². The van der Waals surface area contributed by atoms with E-state index in [1.54, 1.807) is 30.9 Å². The minimum Gasteiger partial charge on any atom is -0.508 e. The van der Waals surface area contributed by atoms with Crippen molar-refractivity contribution in [2.45, 2.75) is 50.4 Å². The molecule has 5 amide bonds. The van der Waals surface area contributed by atoms with Gasteiger partial charge in [-0.15, -0.1) is 0 Å². The third kappa shape index (κ3) is 12.9. The molecule has 2 rings (SSSR count). The first-order valence-corrected chi connectivity index (χ1v) is 16.1. The van der Waals surface area contributed by atoms with E-state index in [4.69, 9.17) is 5.73 Å². The Kier molecular flexibility index (Phi) is 15.4. The van der Waals surface area contributed by atoms with Gasteiger partial charge in [0.05, 0.1) is 18.6 Å². The maximum Gasteiger partial charge on any atom is 0.249 e. The van der Waals surface area contributed by atoms with Crippen LogP contribution in [0.5, 0.6) is 5.75 Å². The lowest BCUT2D eigenvalue weighted by molar-refractivity contribution is -0.135. The minimum atomic E-state index is -1.08. The Balaban J connectivity index is 1.96. The molecule has 0 heterocycles. The van der Waals surface area contributed by atoms with E-state index in [0.29, 0.717) is 6.42 Å². The molecule has 0 unspecified atom stereocenters. The average molecular weight is 727 g/mol. The number of halogens is 1. The van der Waals surface area contributed by atoms with Crippen molar-refractivity contribution < 1.29 is 29.1 Å². The highest BCUT2D eigenvalue weighted by molar-refractivity contribution is 14.1. The first-order valence-electron chi connectivity index (χ1n) is 13.6. The number of rotatable bonds is 16. The van der Waals surface area contributed by atoms with Crippen molar-refractivity contribution in [3.8, 4) is 5.75 Å². The number of phenolic OH excluding ortho intramolecular Hbond substituents is 1. The minimum absolute atomic E-state index is 0.0930. The Morgan fingerprint density at radius 3 is 2.21 bits per heavy atom. The summed E-state index contributed by atoms with van der Waals surface area (Å²) in [5, 5.41) is 22.2. The lowest BCUT2D eigenvalue weighted by Crippen LogP contribution is -2.55. The zero-order valence-corrected chi connectivity index (χ0v) is 27.3. The number of hydrogen-bond donors (Lipinski definition) is 7. The number of amides is 5. The van der Waals surface area contributed by atoms with Crippen LogP contribution < -0.4 is 32.3 Å². The fourth-order valence-corrected chi connectivity index (χ4v) is 5.06. The highest BCUT2D eigenvalue weighted by Crippen LogP contribution is 2.12. The zero-order valence-electron chi connectivity index (χ0n) is 24.3. The summed E-state index contributed by atoms with van der Waals surface area (Å²) >= 11 is 3.72. The van der Waals surface area contributed by atoms with Gasteiger partial charge in [-0.25, -0.2) is 0 Å². The summed E-state index contributed by atoms with van der Waals surface area (Å²) in [7, 11) is 1.63. The molecular formula is C29H39IN6O6S. The number of carbonyl (C=O) groups excluding carboxylic acids is 5. The van der Waals surface area contributed by atoms with Crippen LogP contribution in [-0.4, -0.2) is 84.4 Å². The van der Waals surface area contributed by atoms with E-state index in [-0.39, 0.29) is 18.6 Å². The predicted octanol–water partition coefficient (Wildman–Crippen LogP) is 0.199. The second kappa shape index (κ2) is 18.5. The molecule has 43 heavy (non-hydrogen) atoms. The van der Waals surface area contributed by atoms with Gasteiger partial charge in [0.25, 0.3) is 0 Å². The molecule has 0 spiro atoms. The number of carbonyl (C=O) groups is 5. The number of imide groups is 1. The van der Waals surface area contributed by atoms with Gasteiger partial charge in [-0.1, -0.05) is 24.3 Å². The van der Waals surface area contributed by atoms with E-state index in [2.05, 4.69) is 49.2 Å². The fourth-order valence-electron chi connectivity index (χ4n) is 3.98. The van der Waals surface area contributed by atoms with Crippen LogP contribution in [0.3, 0.4) is 0 Å². The quantitative estimate of drug-likeness (QED) is 0.119. The molecule has 2 aromatic carbocycles. The van der Waals surface area contributed by atoms with Crippen LogP contribution in [-0.2, 0) is 36.8 Å². The van der Waals surface area contributed by atoms with Gasteiger partial charge in [-0.3, -0.25) is 29.3 Å². The van der Waals surface area contributed by atoms with Crippen molar-refractivity contribution in [2.75, 3.05) is 25.6 Å². The molecule has 0 saturated heterocycles. The first kappa shape index (κ1) is 36.0. The van der Waals surface area contributed by atoms with Gasteiger partial charge in [0.1, 0.15) is 17.8 Å². The number of phenols is 1. The smallest absolute Gasteiger partial charge is 0.249 e. The molecule has 0 aliphatic heterocycles. The molecule has 0 bridgehead atoms. The highest BCUT2D eigenvalue weighted by atomic mass is 127. The van der Waals surface area contributed by atoms with Crippen LogP contribution >= 0.6 is 34.4 Å². The number of hydrogen-bond acceptors (Lipinski definition) is 9. The zero-order chi connectivity index (χ0) is 31.9. The van der Waals surface area contributed by atoms with Crippen molar-refractivity contribution in [1.82, 2.24) is 26.6 Å². The summed E-state index contributed by atoms with van der Waals surface area (Å²) in [5.74, 6) is -2.19. The molecule has 0 aliphatic carbocycles. The second-order valence-corrected chi connectivity index (χ2v) is 12.1. The summed E-state index contributed by atoms with van der Waals surface area (Å²) in [6.07, 6.45) is 2.76. The maximum atomic E-state index is 13.1. The van der Waals surface area contributed by atoms with E-state index in [1.165, 1.54) is 19.1 Å². The van der Waals surface area contributed by atoms with E-state index in [9.17, 15) is 29.1 Å². The van der Waals surface area contributed by atoms with Gasteiger partial charge in [0.15, 0.2) is 0 Å². The van der Waals surface area contributed by atoms with Crippen LogP contribution in [0.4, 0.5) is 0 Å². The summed E-state index contributed by atoms with van der Waals surface area (Å²) in [6.45, 7) is 0.988. The lowest BCUT2D eigenvalue weighted by Gasteiger charge is -2.21. The van der Waals surface area contributed by atoms with Gasteiger partial charge in [-0.05, 0) is 96.8 Å². The molecule has 234 valence electrons. The van der Waals surface area contributed by atoms with Crippen molar-refractivity contribution in [3.63, 3.8) is 0 Å². The number of nitrogens with one attached hydrogen (secondary N) is 5. The Labute approximate surface area is 269 Å². The van der Waals surface area contributed by atoms with Crippen LogP contribution in [0.25, 0.3) is 0 Å². The third-order valence-electron chi connectivity index (χ3n) is 6.41. The average Bonchev–Trinajstić information content (AvgIpc) is 2.97. The van der Waals surface area contributed by atoms with Crippen LogP contribution in [0.1, 0.15) is 24.5 Å². The fraction of sp³-hybridized carbons (Fsp3) is 0.414. The SMILES string of the molecule is CN[C@@H](CCSC)C(=O)NC(=O)[C@H](Cc1cccc(I)c1)NC(=O)CNC(=O)[C@@H](C)NC(=O)[C@@H](N)Cc1ccc(O)cc1. The van der Waals surface area contributed by atoms with Crippen molar-refractivity contribution >= 4 is 63.9 Å². The summed E-state index contributed by atoms with van der Waals surface area (Å²) in [4.78, 5) is 63.7. The van der Waals surface area contributed by atoms with Gasteiger partial charge >= 0.3 is 0 Å². The third-order valence-corrected chi connectivity index (χ3v) is 7.72. The molecule has 0 radical (unpaired) electrons. The molecule has 0 fully saturated rings. The molecule has 0 saturated carbocycles. The summed E-state index contributed by atoms with van der Waals surface area (Å²) in [5.41, 5.74) is 7.47. The molecular weight excluding hydrogens is 687 g/mol. The Bertz CT molecular complexity index is 1260. The molecule has 0 aromatic heterocycles. The molecule has 14 heteroatoms. The maximum absolute atomic E-state index is 13.1. The van der Waals surface area contributed by atoms with E-state index in [1.807, 2.05) is 30.5 Å². The predicted molar refractivity (Wildman–Crippen MR) is 174 cm³/mol. The van der Waals surface area contributed by atoms with Gasteiger partial charge in [0.2, 0.25) is 29.5 Å². The van der Waals surface area contributed by atoms with E-state index >= 15 is 0 Å². The second-order valence-electron chi connectivity index (χ2n) is 9.86. The summed E-state index contributed by atoms with van der Waals surface area (Å²) < 4.78 is 0.940. The lowest BCUT2D eigenvalue weighted by atomic mass is 10.0. The number of likely N-dealkylation sites (N-methyl/N-ethyl adjacent to an activating group) is 1. The monoisotopic (exact) mass is 726 g/mol. The molecule has 2 aromatic rings. The number of thioether (sulfide) groups is 1. The summed E-state index contributed by atoms with van der Waals surface area (Å²) in [6, 6.07) is 10.1. The van der Waals surface area contributed by atoms with Crippen molar-refractivity contribution in [2.24, 2.45) is 5.73 Å². The molecule has 4 atom stereocenters. The number of aromatic hydroxyl groups is 1. The van der Waals surface area contributed by atoms with Gasteiger partial charge in [-0.2, -0.15) is 11.8 Å². The topological polar surface area (TPSA) is 192 Å². The van der Waals surface area contributed by atoms with Crippen molar-refractivity contribution in [1.29, 1.82) is 0 Å². The first-order chi connectivity index (χ1) is 20.4. The van der Waals surface area contributed by atoms with Crippen molar-refractivity contribution in [3.05, 3.63) is 63.2 Å².